The van der Waals surface area contributed by atoms with Crippen LogP contribution in [-0.4, -0.2) is 14.7 Å². The Hall–Kier alpha value is -1.56. The monoisotopic (exact) mass is 216 g/mol. The van der Waals surface area contributed by atoms with Crippen LogP contribution in [-0.2, 0) is 12.8 Å². The minimum atomic E-state index is -4.44. The average Bonchev–Trinajstić information content (AvgIpc) is 2.58. The van der Waals surface area contributed by atoms with E-state index in [9.17, 15) is 13.2 Å². The molecular formula is C9H7F3N2O. The van der Waals surface area contributed by atoms with E-state index in [1.54, 1.807) is 0 Å². The zero-order chi connectivity index (χ0) is 11.1. The Labute approximate surface area is 82.8 Å². The lowest BCUT2D eigenvalue weighted by Crippen LogP contribution is -2.08. The number of alkyl halides is 3. The summed E-state index contributed by atoms with van der Waals surface area (Å²) in [5, 5.41) is 12.6. The first-order chi connectivity index (χ1) is 7.04. The summed E-state index contributed by atoms with van der Waals surface area (Å²) in [6.07, 6.45) is -1.80. The lowest BCUT2D eigenvalue weighted by atomic mass is 10.1. The van der Waals surface area contributed by atoms with E-state index >= 15 is 0 Å². The first kappa shape index (κ1) is 9.97. The van der Waals surface area contributed by atoms with E-state index in [1.165, 1.54) is 18.5 Å². The van der Waals surface area contributed by atoms with Crippen LogP contribution in [0.5, 0.6) is 0 Å². The van der Waals surface area contributed by atoms with Crippen molar-refractivity contribution in [2.45, 2.75) is 12.8 Å². The predicted molar refractivity (Wildman–Crippen MR) is 46.1 cm³/mol. The summed E-state index contributed by atoms with van der Waals surface area (Å²) >= 11 is 0. The fraction of sp³-hybridized carbons (Fsp3) is 0.222. The van der Waals surface area contributed by atoms with Crippen LogP contribution in [0.25, 0.3) is 5.52 Å². The van der Waals surface area contributed by atoms with Crippen LogP contribution in [0.15, 0.2) is 24.5 Å². The van der Waals surface area contributed by atoms with Gasteiger partial charge in [-0.1, -0.05) is 0 Å². The zero-order valence-electron chi connectivity index (χ0n) is 7.49. The number of aliphatic hydroxyl groups excluding tert-OH is 1. The van der Waals surface area contributed by atoms with Crippen molar-refractivity contribution < 1.29 is 18.3 Å². The lowest BCUT2D eigenvalue weighted by molar-refractivity contribution is -0.136. The molecule has 6 heteroatoms. The normalized spacial score (nSPS) is 12.3. The molecule has 0 spiro atoms. The van der Waals surface area contributed by atoms with Crippen LogP contribution in [0.3, 0.4) is 0 Å². The Balaban J connectivity index is 2.78. The second kappa shape index (κ2) is 3.23. The number of aliphatic hydroxyl groups is 1. The Morgan fingerprint density at radius 1 is 1.40 bits per heavy atom. The van der Waals surface area contributed by atoms with E-state index in [0.29, 0.717) is 0 Å². The zero-order valence-corrected chi connectivity index (χ0v) is 7.49. The molecule has 2 heterocycles. The van der Waals surface area contributed by atoms with E-state index < -0.39 is 18.3 Å². The topological polar surface area (TPSA) is 37.5 Å². The third-order valence-electron chi connectivity index (χ3n) is 2.09. The summed E-state index contributed by atoms with van der Waals surface area (Å²) in [6, 6.07) is 2.24. The van der Waals surface area contributed by atoms with Crippen molar-refractivity contribution in [3.63, 3.8) is 0 Å². The Morgan fingerprint density at radius 3 is 2.73 bits per heavy atom. The third kappa shape index (κ3) is 1.56. The van der Waals surface area contributed by atoms with E-state index in [-0.39, 0.29) is 11.1 Å². The number of nitrogens with zero attached hydrogens (tertiary/aromatic N) is 2. The van der Waals surface area contributed by atoms with Gasteiger partial charge in [-0.3, -0.25) is 0 Å². The fourth-order valence-electron chi connectivity index (χ4n) is 1.45. The summed E-state index contributed by atoms with van der Waals surface area (Å²) in [4.78, 5) is 0. The van der Waals surface area contributed by atoms with Crippen molar-refractivity contribution in [2.24, 2.45) is 0 Å². The number of hydrogen-bond acceptors (Lipinski definition) is 2. The summed E-state index contributed by atoms with van der Waals surface area (Å²) in [5.74, 6) is 0. The molecule has 0 bridgehead atoms. The molecule has 2 aromatic rings. The number of pyridine rings is 1. The van der Waals surface area contributed by atoms with E-state index in [1.807, 2.05) is 0 Å². The SMILES string of the molecule is OCc1cnn2cccc(C(F)(F)F)c12. The molecule has 0 saturated heterocycles. The number of hydrogen-bond donors (Lipinski definition) is 1. The van der Waals surface area contributed by atoms with E-state index in [0.717, 1.165) is 10.6 Å². The minimum absolute atomic E-state index is 0.0903. The highest BCUT2D eigenvalue weighted by Gasteiger charge is 2.33. The van der Waals surface area contributed by atoms with Crippen molar-refractivity contribution in [3.05, 3.63) is 35.7 Å². The van der Waals surface area contributed by atoms with Gasteiger partial charge >= 0.3 is 6.18 Å². The van der Waals surface area contributed by atoms with Crippen molar-refractivity contribution in [2.75, 3.05) is 0 Å². The molecular weight excluding hydrogens is 209 g/mol. The molecule has 0 aliphatic heterocycles. The molecule has 0 aliphatic carbocycles. The predicted octanol–water partition coefficient (Wildman–Crippen LogP) is 1.85. The van der Waals surface area contributed by atoms with Gasteiger partial charge in [0, 0.05) is 11.8 Å². The first-order valence-corrected chi connectivity index (χ1v) is 4.17. The molecule has 15 heavy (non-hydrogen) atoms. The maximum atomic E-state index is 12.6. The van der Waals surface area contributed by atoms with Crippen molar-refractivity contribution in [1.29, 1.82) is 0 Å². The van der Waals surface area contributed by atoms with Crippen LogP contribution < -0.4 is 0 Å². The van der Waals surface area contributed by atoms with Gasteiger partial charge in [-0.25, -0.2) is 4.52 Å². The molecule has 1 N–H and O–H groups in total. The van der Waals surface area contributed by atoms with Crippen LogP contribution in [0.1, 0.15) is 11.1 Å². The third-order valence-corrected chi connectivity index (χ3v) is 2.09. The molecule has 0 saturated carbocycles. The number of rotatable bonds is 1. The average molecular weight is 216 g/mol. The van der Waals surface area contributed by atoms with Gasteiger partial charge in [0.15, 0.2) is 0 Å². The highest BCUT2D eigenvalue weighted by Crippen LogP contribution is 2.33. The quantitative estimate of drug-likeness (QED) is 0.789. The summed E-state index contributed by atoms with van der Waals surface area (Å²) in [5.41, 5.74) is -0.707. The molecule has 0 aliphatic rings. The highest BCUT2D eigenvalue weighted by molar-refractivity contribution is 5.61. The second-order valence-corrected chi connectivity index (χ2v) is 3.04. The van der Waals surface area contributed by atoms with E-state index in [4.69, 9.17) is 5.11 Å². The highest BCUT2D eigenvalue weighted by atomic mass is 19.4. The van der Waals surface area contributed by atoms with Crippen LogP contribution in [0.4, 0.5) is 13.2 Å². The molecule has 0 unspecified atom stereocenters. The van der Waals surface area contributed by atoms with Gasteiger partial charge in [-0.15, -0.1) is 0 Å². The van der Waals surface area contributed by atoms with Gasteiger partial charge in [-0.2, -0.15) is 18.3 Å². The Morgan fingerprint density at radius 2 is 2.13 bits per heavy atom. The molecule has 0 amide bonds. The molecule has 3 nitrogen and oxygen atoms in total. The van der Waals surface area contributed by atoms with Gasteiger partial charge in [-0.05, 0) is 12.1 Å². The summed E-state index contributed by atoms with van der Waals surface area (Å²) in [6.45, 7) is -0.462. The van der Waals surface area contributed by atoms with Gasteiger partial charge in [0.05, 0.1) is 23.9 Å². The van der Waals surface area contributed by atoms with Crippen LogP contribution in [0.2, 0.25) is 0 Å². The summed E-state index contributed by atoms with van der Waals surface area (Å²) in [7, 11) is 0. The van der Waals surface area contributed by atoms with Crippen LogP contribution in [0, 0.1) is 0 Å². The number of halogens is 3. The number of aromatic nitrogens is 2. The van der Waals surface area contributed by atoms with Crippen molar-refractivity contribution >= 4 is 5.52 Å². The Bertz CT molecular complexity index is 490. The molecule has 0 aromatic carbocycles. The van der Waals surface area contributed by atoms with Crippen LogP contribution >= 0.6 is 0 Å². The minimum Gasteiger partial charge on any atom is -0.392 e. The fourth-order valence-corrected chi connectivity index (χ4v) is 1.45. The van der Waals surface area contributed by atoms with Gasteiger partial charge in [0.1, 0.15) is 0 Å². The Kier molecular flexibility index (Phi) is 2.15. The maximum Gasteiger partial charge on any atom is 0.418 e. The molecule has 2 rings (SSSR count). The van der Waals surface area contributed by atoms with Gasteiger partial charge < -0.3 is 5.11 Å². The molecule has 0 fully saturated rings. The first-order valence-electron chi connectivity index (χ1n) is 4.17. The summed E-state index contributed by atoms with van der Waals surface area (Å²) < 4.78 is 38.9. The van der Waals surface area contributed by atoms with E-state index in [2.05, 4.69) is 5.10 Å². The maximum absolute atomic E-state index is 12.6. The van der Waals surface area contributed by atoms with Crippen molar-refractivity contribution in [3.8, 4) is 0 Å². The molecule has 80 valence electrons. The van der Waals surface area contributed by atoms with Crippen molar-refractivity contribution in [1.82, 2.24) is 9.61 Å². The molecule has 0 atom stereocenters. The van der Waals surface area contributed by atoms with Gasteiger partial charge in [0.2, 0.25) is 0 Å². The number of fused-ring (bicyclic) bond motifs is 1. The largest absolute Gasteiger partial charge is 0.418 e. The van der Waals surface area contributed by atoms with Gasteiger partial charge in [0.25, 0.3) is 0 Å². The smallest absolute Gasteiger partial charge is 0.392 e. The molecule has 2 aromatic heterocycles. The lowest BCUT2D eigenvalue weighted by Gasteiger charge is -2.08. The standard InChI is InChI=1S/C9H7F3N2O/c10-9(11,12)7-2-1-3-14-8(7)6(5-15)4-13-14/h1-4,15H,5H2. The second-order valence-electron chi connectivity index (χ2n) is 3.04. The molecule has 0 radical (unpaired) electrons.